The highest BCUT2D eigenvalue weighted by Gasteiger charge is 2.01. The Kier molecular flexibility index (Phi) is 2.38. The van der Waals surface area contributed by atoms with Gasteiger partial charge in [-0.05, 0) is 16.9 Å². The van der Waals surface area contributed by atoms with Crippen LogP contribution in [0.5, 0.6) is 0 Å². The van der Waals surface area contributed by atoms with Crippen LogP contribution < -0.4 is 0 Å². The lowest BCUT2D eigenvalue weighted by Crippen LogP contribution is -1.71. The van der Waals surface area contributed by atoms with Gasteiger partial charge in [-0.25, -0.2) is 0 Å². The van der Waals surface area contributed by atoms with Gasteiger partial charge in [-0.15, -0.1) is 0 Å². The lowest BCUT2D eigenvalue weighted by molar-refractivity contribution is 1.50. The first-order valence-corrected chi connectivity index (χ1v) is 4.97. The minimum absolute atomic E-state index is 0.235. The summed E-state index contributed by atoms with van der Waals surface area (Å²) in [6.07, 6.45) is 2.00. The summed E-state index contributed by atoms with van der Waals surface area (Å²) in [7, 11) is -0.235. The zero-order chi connectivity index (χ0) is 6.69. The number of hydrogen-bond donors (Lipinski definition) is 1. The van der Waals surface area contributed by atoms with E-state index in [1.807, 2.05) is 6.08 Å². The molecule has 0 aliphatic carbocycles. The maximum atomic E-state index is 8.30. The molecule has 0 N–H and O–H groups in total. The molecule has 9 heavy (non-hydrogen) atoms. The van der Waals surface area contributed by atoms with Crippen LogP contribution in [0.3, 0.4) is 0 Å². The molecule has 0 radical (unpaired) electrons. The standard InChI is InChI=1S/C6H6BrNS/c7-6-1-3-9(5-6)4-2-8/h1,3,5,9H,4H2. The van der Waals surface area contributed by atoms with E-state index in [9.17, 15) is 0 Å². The van der Waals surface area contributed by atoms with Crippen molar-refractivity contribution >= 4 is 26.8 Å². The van der Waals surface area contributed by atoms with E-state index < -0.39 is 0 Å². The van der Waals surface area contributed by atoms with Crippen LogP contribution in [-0.2, 0) is 0 Å². The smallest absolute Gasteiger partial charge is 0.0719 e. The molecular formula is C6H6BrNS. The van der Waals surface area contributed by atoms with Gasteiger partial charge in [0.25, 0.3) is 0 Å². The van der Waals surface area contributed by atoms with Crippen LogP contribution in [0.4, 0.5) is 0 Å². The maximum absolute atomic E-state index is 8.30. The monoisotopic (exact) mass is 203 g/mol. The third kappa shape index (κ3) is 1.88. The second-order valence-electron chi connectivity index (χ2n) is 1.66. The van der Waals surface area contributed by atoms with Gasteiger partial charge in [-0.1, -0.05) is 15.9 Å². The van der Waals surface area contributed by atoms with E-state index in [1.165, 1.54) is 0 Å². The summed E-state index contributed by atoms with van der Waals surface area (Å²) >= 11 is 3.33. The summed E-state index contributed by atoms with van der Waals surface area (Å²) in [4.78, 5) is 0. The van der Waals surface area contributed by atoms with Crippen molar-refractivity contribution in [2.45, 2.75) is 0 Å². The first kappa shape index (κ1) is 6.91. The molecule has 1 nitrogen and oxygen atoms in total. The summed E-state index contributed by atoms with van der Waals surface area (Å²) in [5.74, 6) is 0.654. The average molecular weight is 204 g/mol. The average Bonchev–Trinajstić information content (AvgIpc) is 2.17. The fourth-order valence-corrected chi connectivity index (χ4v) is 2.92. The highest BCUT2D eigenvalue weighted by Crippen LogP contribution is 2.37. The summed E-state index contributed by atoms with van der Waals surface area (Å²) in [5, 5.41) is 12.5. The number of thiol groups is 1. The molecule has 3 heteroatoms. The van der Waals surface area contributed by atoms with Gasteiger partial charge in [0.15, 0.2) is 0 Å². The summed E-state index contributed by atoms with van der Waals surface area (Å²) < 4.78 is 1.11. The summed E-state index contributed by atoms with van der Waals surface area (Å²) in [6.45, 7) is 0. The lowest BCUT2D eigenvalue weighted by atomic mass is 10.6. The van der Waals surface area contributed by atoms with E-state index in [0.29, 0.717) is 5.75 Å². The molecule has 1 atom stereocenters. The predicted octanol–water partition coefficient (Wildman–Crippen LogP) is 2.27. The quantitative estimate of drug-likeness (QED) is 0.651. The Hall–Kier alpha value is -0.200. The second kappa shape index (κ2) is 3.09. The summed E-state index contributed by atoms with van der Waals surface area (Å²) in [6, 6.07) is 2.14. The van der Waals surface area contributed by atoms with E-state index in [-0.39, 0.29) is 10.9 Å². The SMILES string of the molecule is N#CC[SH]1C=CC(Br)=C1. The number of nitriles is 1. The zero-order valence-electron chi connectivity index (χ0n) is 4.71. The molecule has 1 aliphatic heterocycles. The van der Waals surface area contributed by atoms with Crippen molar-refractivity contribution in [3.05, 3.63) is 21.4 Å². The van der Waals surface area contributed by atoms with Gasteiger partial charge >= 0.3 is 0 Å². The molecule has 0 aromatic carbocycles. The Balaban J connectivity index is 2.52. The van der Waals surface area contributed by atoms with Crippen LogP contribution in [0.1, 0.15) is 0 Å². The van der Waals surface area contributed by atoms with Crippen LogP contribution in [0, 0.1) is 11.3 Å². The van der Waals surface area contributed by atoms with Crippen LogP contribution in [-0.4, -0.2) is 5.75 Å². The molecule has 0 aromatic heterocycles. The maximum Gasteiger partial charge on any atom is 0.0719 e. The topological polar surface area (TPSA) is 23.8 Å². The Morgan fingerprint density at radius 3 is 3.00 bits per heavy atom. The minimum atomic E-state index is -0.235. The molecule has 0 amide bonds. The molecule has 1 aliphatic rings. The molecule has 0 bridgehead atoms. The zero-order valence-corrected chi connectivity index (χ0v) is 7.19. The van der Waals surface area contributed by atoms with Gasteiger partial charge in [-0.3, -0.25) is 0 Å². The fourth-order valence-electron chi connectivity index (χ4n) is 0.591. The third-order valence-corrected chi connectivity index (χ3v) is 3.46. The number of hydrogen-bond acceptors (Lipinski definition) is 1. The largest absolute Gasteiger partial charge is 0.199 e. The number of allylic oxidation sites excluding steroid dienone is 2. The van der Waals surface area contributed by atoms with Crippen molar-refractivity contribution in [3.63, 3.8) is 0 Å². The van der Waals surface area contributed by atoms with Crippen molar-refractivity contribution in [2.24, 2.45) is 0 Å². The van der Waals surface area contributed by atoms with Crippen LogP contribution in [0.25, 0.3) is 0 Å². The van der Waals surface area contributed by atoms with Crippen molar-refractivity contribution in [1.29, 1.82) is 5.26 Å². The molecule has 0 saturated carbocycles. The van der Waals surface area contributed by atoms with Gasteiger partial charge in [0.05, 0.1) is 11.8 Å². The lowest BCUT2D eigenvalue weighted by Gasteiger charge is -1.99. The van der Waals surface area contributed by atoms with Crippen LogP contribution in [0.15, 0.2) is 21.4 Å². The molecule has 0 spiro atoms. The fraction of sp³-hybridized carbons (Fsp3) is 0.167. The number of halogens is 1. The van der Waals surface area contributed by atoms with Crippen molar-refractivity contribution in [2.75, 3.05) is 5.75 Å². The van der Waals surface area contributed by atoms with Gasteiger partial charge in [0.2, 0.25) is 0 Å². The number of nitrogens with zero attached hydrogens (tertiary/aromatic N) is 1. The van der Waals surface area contributed by atoms with Crippen LogP contribution >= 0.6 is 26.8 Å². The Bertz CT molecular complexity index is 202. The highest BCUT2D eigenvalue weighted by atomic mass is 79.9. The predicted molar refractivity (Wildman–Crippen MR) is 45.6 cm³/mol. The molecule has 1 rings (SSSR count). The van der Waals surface area contributed by atoms with E-state index in [1.54, 1.807) is 0 Å². The first-order valence-electron chi connectivity index (χ1n) is 2.51. The Labute approximate surface area is 65.5 Å². The molecule has 0 saturated heterocycles. The van der Waals surface area contributed by atoms with Crippen molar-refractivity contribution in [1.82, 2.24) is 0 Å². The van der Waals surface area contributed by atoms with Gasteiger partial charge in [0, 0.05) is 4.48 Å². The molecule has 1 unspecified atom stereocenters. The Morgan fingerprint density at radius 2 is 2.56 bits per heavy atom. The molecule has 1 heterocycles. The molecule has 48 valence electrons. The van der Waals surface area contributed by atoms with Crippen molar-refractivity contribution < 1.29 is 0 Å². The molecule has 0 fully saturated rings. The van der Waals surface area contributed by atoms with Gasteiger partial charge in [0.1, 0.15) is 0 Å². The van der Waals surface area contributed by atoms with Gasteiger partial charge < -0.3 is 0 Å². The van der Waals surface area contributed by atoms with E-state index in [2.05, 4.69) is 32.8 Å². The highest BCUT2D eigenvalue weighted by molar-refractivity contribution is 9.12. The van der Waals surface area contributed by atoms with Gasteiger partial charge in [-0.2, -0.15) is 16.2 Å². The molecule has 0 aromatic rings. The minimum Gasteiger partial charge on any atom is -0.199 e. The van der Waals surface area contributed by atoms with Crippen molar-refractivity contribution in [3.8, 4) is 6.07 Å². The molecular weight excluding hydrogens is 198 g/mol. The van der Waals surface area contributed by atoms with E-state index >= 15 is 0 Å². The second-order valence-corrected chi connectivity index (χ2v) is 4.48. The third-order valence-electron chi connectivity index (χ3n) is 0.968. The van der Waals surface area contributed by atoms with E-state index in [0.717, 1.165) is 4.48 Å². The number of rotatable bonds is 1. The summed E-state index contributed by atoms with van der Waals surface area (Å²) in [5.41, 5.74) is 0. The first-order chi connectivity index (χ1) is 4.33. The van der Waals surface area contributed by atoms with E-state index in [4.69, 9.17) is 5.26 Å². The van der Waals surface area contributed by atoms with Crippen LogP contribution in [0.2, 0.25) is 0 Å². The Morgan fingerprint density at radius 1 is 1.78 bits per heavy atom. The normalized spacial score (nSPS) is 27.6.